The van der Waals surface area contributed by atoms with E-state index in [1.54, 1.807) is 6.07 Å². The first-order chi connectivity index (χ1) is 9.10. The summed E-state index contributed by atoms with van der Waals surface area (Å²) in [6, 6.07) is 4.67. The smallest absolute Gasteiger partial charge is 0.273 e. The van der Waals surface area contributed by atoms with Gasteiger partial charge in [0, 0.05) is 42.1 Å². The summed E-state index contributed by atoms with van der Waals surface area (Å²) < 4.78 is 0. The Kier molecular flexibility index (Phi) is 4.21. The molecule has 6 heteroatoms. The molecule has 1 aliphatic rings. The molecule has 0 aliphatic heterocycles. The minimum absolute atomic E-state index is 0.0149. The van der Waals surface area contributed by atoms with Gasteiger partial charge in [-0.25, -0.2) is 0 Å². The molecule has 0 bridgehead atoms. The molecule has 1 aromatic rings. The average molecular weight is 265 g/mol. The minimum Gasteiger partial charge on any atom is -0.398 e. The third-order valence-electron chi connectivity index (χ3n) is 3.65. The van der Waals surface area contributed by atoms with Gasteiger partial charge in [-0.1, -0.05) is 12.8 Å². The zero-order valence-electron chi connectivity index (χ0n) is 10.7. The van der Waals surface area contributed by atoms with Crippen LogP contribution in [0, 0.1) is 16.0 Å². The average Bonchev–Trinajstić information content (AvgIpc) is 2.38. The fourth-order valence-electron chi connectivity index (χ4n) is 2.65. The van der Waals surface area contributed by atoms with Gasteiger partial charge >= 0.3 is 0 Å². The van der Waals surface area contributed by atoms with Crippen LogP contribution in [0.5, 0.6) is 0 Å². The Labute approximate surface area is 111 Å². The number of anilines is 2. The lowest BCUT2D eigenvalue weighted by atomic mass is 9.85. The lowest BCUT2D eigenvalue weighted by Crippen LogP contribution is -2.34. The number of nitrogens with zero attached hydrogens (tertiary/aromatic N) is 1. The Morgan fingerprint density at radius 3 is 2.79 bits per heavy atom. The number of rotatable bonds is 4. The molecule has 2 unspecified atom stereocenters. The number of hydrogen-bond acceptors (Lipinski definition) is 5. The Morgan fingerprint density at radius 2 is 2.11 bits per heavy atom. The summed E-state index contributed by atoms with van der Waals surface area (Å²) >= 11 is 0. The first-order valence-electron chi connectivity index (χ1n) is 6.52. The van der Waals surface area contributed by atoms with Crippen LogP contribution in [0.25, 0.3) is 0 Å². The largest absolute Gasteiger partial charge is 0.398 e. The van der Waals surface area contributed by atoms with Gasteiger partial charge in [0.1, 0.15) is 0 Å². The van der Waals surface area contributed by atoms with Crippen LogP contribution in [0.2, 0.25) is 0 Å². The molecule has 0 amide bonds. The summed E-state index contributed by atoms with van der Waals surface area (Å²) in [6.07, 6.45) is 4.19. The van der Waals surface area contributed by atoms with E-state index in [1.165, 1.54) is 12.1 Å². The molecular formula is C13H19N3O3. The van der Waals surface area contributed by atoms with E-state index in [0.717, 1.165) is 25.7 Å². The zero-order valence-corrected chi connectivity index (χ0v) is 10.7. The van der Waals surface area contributed by atoms with Crippen molar-refractivity contribution in [3.8, 4) is 0 Å². The topological polar surface area (TPSA) is 101 Å². The highest BCUT2D eigenvalue weighted by atomic mass is 16.6. The normalized spacial score (nSPS) is 23.0. The third kappa shape index (κ3) is 3.35. The number of aliphatic hydroxyl groups is 1. The van der Waals surface area contributed by atoms with Gasteiger partial charge < -0.3 is 16.2 Å². The molecule has 0 spiro atoms. The van der Waals surface area contributed by atoms with Crippen LogP contribution in [-0.2, 0) is 0 Å². The molecule has 1 fully saturated rings. The first-order valence-corrected chi connectivity index (χ1v) is 6.52. The lowest BCUT2D eigenvalue weighted by molar-refractivity contribution is -0.384. The molecule has 19 heavy (non-hydrogen) atoms. The lowest BCUT2D eigenvalue weighted by Gasteiger charge is -2.31. The van der Waals surface area contributed by atoms with Gasteiger partial charge in [-0.15, -0.1) is 0 Å². The van der Waals surface area contributed by atoms with Crippen LogP contribution in [0.15, 0.2) is 18.2 Å². The summed E-state index contributed by atoms with van der Waals surface area (Å²) in [5.74, 6) is 0.203. The first kappa shape index (κ1) is 13.6. The van der Waals surface area contributed by atoms with Crippen molar-refractivity contribution >= 4 is 17.1 Å². The summed E-state index contributed by atoms with van der Waals surface area (Å²) in [5, 5.41) is 23.4. The summed E-state index contributed by atoms with van der Waals surface area (Å²) in [6.45, 7) is 0.141. The molecule has 2 rings (SSSR count). The van der Waals surface area contributed by atoms with Crippen LogP contribution in [-0.4, -0.2) is 22.7 Å². The van der Waals surface area contributed by atoms with Crippen LogP contribution < -0.4 is 11.1 Å². The molecule has 1 aromatic carbocycles. The van der Waals surface area contributed by atoms with Crippen molar-refractivity contribution in [3.05, 3.63) is 28.3 Å². The number of hydrogen-bond donors (Lipinski definition) is 3. The maximum Gasteiger partial charge on any atom is 0.273 e. The number of nitrogen functional groups attached to an aromatic ring is 1. The van der Waals surface area contributed by atoms with Crippen molar-refractivity contribution in [1.82, 2.24) is 0 Å². The number of non-ortho nitro benzene ring substituents is 1. The number of nitro benzene ring substituents is 1. The molecule has 1 aliphatic carbocycles. The quantitative estimate of drug-likeness (QED) is 0.440. The molecular weight excluding hydrogens is 246 g/mol. The molecule has 6 nitrogen and oxygen atoms in total. The number of nitrogens with one attached hydrogen (secondary N) is 1. The summed E-state index contributed by atoms with van der Waals surface area (Å²) in [7, 11) is 0. The fraction of sp³-hybridized carbons (Fsp3) is 0.538. The van der Waals surface area contributed by atoms with Gasteiger partial charge in [0.2, 0.25) is 0 Å². The van der Waals surface area contributed by atoms with Crippen molar-refractivity contribution in [1.29, 1.82) is 0 Å². The Bertz CT molecular complexity index is 464. The maximum atomic E-state index is 10.8. The van der Waals surface area contributed by atoms with E-state index in [9.17, 15) is 15.2 Å². The van der Waals surface area contributed by atoms with Crippen molar-refractivity contribution < 1.29 is 10.0 Å². The predicted octanol–water partition coefficient (Wildman–Crippen LogP) is 2.14. The van der Waals surface area contributed by atoms with E-state index in [1.807, 2.05) is 0 Å². The van der Waals surface area contributed by atoms with Crippen LogP contribution >= 0.6 is 0 Å². The molecule has 0 aromatic heterocycles. The van der Waals surface area contributed by atoms with E-state index >= 15 is 0 Å². The van der Waals surface area contributed by atoms with Gasteiger partial charge in [0.15, 0.2) is 0 Å². The molecule has 1 saturated carbocycles. The van der Waals surface area contributed by atoms with Crippen molar-refractivity contribution in [3.63, 3.8) is 0 Å². The van der Waals surface area contributed by atoms with E-state index in [-0.39, 0.29) is 24.3 Å². The second-order valence-corrected chi connectivity index (χ2v) is 5.05. The Hall–Kier alpha value is -1.82. The van der Waals surface area contributed by atoms with Crippen molar-refractivity contribution in [2.75, 3.05) is 17.7 Å². The van der Waals surface area contributed by atoms with Gasteiger partial charge in [0.25, 0.3) is 5.69 Å². The number of nitrogens with two attached hydrogens (primary N) is 1. The van der Waals surface area contributed by atoms with Gasteiger partial charge in [0.05, 0.1) is 4.92 Å². The highest BCUT2D eigenvalue weighted by Crippen LogP contribution is 2.29. The van der Waals surface area contributed by atoms with Crippen LogP contribution in [0.4, 0.5) is 17.1 Å². The number of benzene rings is 1. The van der Waals surface area contributed by atoms with E-state index in [4.69, 9.17) is 5.73 Å². The zero-order chi connectivity index (χ0) is 13.8. The van der Waals surface area contributed by atoms with E-state index in [2.05, 4.69) is 5.32 Å². The Balaban J connectivity index is 2.15. The monoisotopic (exact) mass is 265 g/mol. The summed E-state index contributed by atoms with van der Waals surface area (Å²) in [5.41, 5.74) is 6.68. The standard InChI is InChI=1S/C13H19N3O3/c14-10-5-11(7-12(6-10)16(18)19)15-13-4-2-1-3-9(13)8-17/h5-7,9,13,15,17H,1-4,8,14H2. The van der Waals surface area contributed by atoms with Crippen molar-refractivity contribution in [2.24, 2.45) is 5.92 Å². The second kappa shape index (κ2) is 5.88. The molecule has 0 saturated heterocycles. The fourth-order valence-corrected chi connectivity index (χ4v) is 2.65. The highest BCUT2D eigenvalue weighted by Gasteiger charge is 2.24. The number of nitro groups is 1. The molecule has 0 heterocycles. The van der Waals surface area contributed by atoms with Crippen LogP contribution in [0.1, 0.15) is 25.7 Å². The molecule has 0 radical (unpaired) electrons. The maximum absolute atomic E-state index is 10.8. The number of aliphatic hydroxyl groups excluding tert-OH is 1. The minimum atomic E-state index is -0.452. The second-order valence-electron chi connectivity index (χ2n) is 5.05. The van der Waals surface area contributed by atoms with Crippen LogP contribution in [0.3, 0.4) is 0 Å². The van der Waals surface area contributed by atoms with Gasteiger partial charge in [-0.2, -0.15) is 0 Å². The summed E-state index contributed by atoms with van der Waals surface area (Å²) in [4.78, 5) is 10.3. The van der Waals surface area contributed by atoms with Crippen molar-refractivity contribution in [2.45, 2.75) is 31.7 Å². The van der Waals surface area contributed by atoms with Gasteiger partial charge in [-0.05, 0) is 18.9 Å². The SMILES string of the molecule is Nc1cc(NC2CCCCC2CO)cc([N+](=O)[O-])c1. The third-order valence-corrected chi connectivity index (χ3v) is 3.65. The highest BCUT2D eigenvalue weighted by molar-refractivity contribution is 5.61. The Morgan fingerprint density at radius 1 is 1.37 bits per heavy atom. The predicted molar refractivity (Wildman–Crippen MR) is 74.0 cm³/mol. The van der Waals surface area contributed by atoms with E-state index in [0.29, 0.717) is 11.4 Å². The van der Waals surface area contributed by atoms with E-state index < -0.39 is 4.92 Å². The molecule has 4 N–H and O–H groups in total. The van der Waals surface area contributed by atoms with Gasteiger partial charge in [-0.3, -0.25) is 10.1 Å². The molecule has 104 valence electrons. The molecule has 2 atom stereocenters.